The molecule has 0 atom stereocenters. The summed E-state index contributed by atoms with van der Waals surface area (Å²) < 4.78 is 1.99. The highest BCUT2D eigenvalue weighted by molar-refractivity contribution is 6.31. The van der Waals surface area contributed by atoms with E-state index in [0.717, 1.165) is 39.2 Å². The van der Waals surface area contributed by atoms with Crippen molar-refractivity contribution >= 4 is 39.8 Å². The largest absolute Gasteiger partial charge is 0.341 e. The lowest BCUT2D eigenvalue weighted by atomic mass is 10.0. The van der Waals surface area contributed by atoms with Crippen LogP contribution < -0.4 is 5.32 Å². The van der Waals surface area contributed by atoms with E-state index >= 15 is 0 Å². The number of fused-ring (bicyclic) bond motifs is 3. The van der Waals surface area contributed by atoms with Crippen molar-refractivity contribution in [3.63, 3.8) is 0 Å². The first-order chi connectivity index (χ1) is 14.7. The topological polar surface area (TPSA) is 53.1 Å². The zero-order valence-corrected chi connectivity index (χ0v) is 17.0. The van der Waals surface area contributed by atoms with Crippen LogP contribution in [0.3, 0.4) is 0 Å². The number of aromatic nitrogens is 2. The molecule has 4 nitrogen and oxygen atoms in total. The van der Waals surface area contributed by atoms with Crippen LogP contribution in [0.1, 0.15) is 11.1 Å². The Morgan fingerprint density at radius 1 is 0.967 bits per heavy atom. The number of nitrogens with zero attached hydrogens (tertiary/aromatic N) is 3. The van der Waals surface area contributed by atoms with Crippen LogP contribution in [-0.2, 0) is 0 Å². The van der Waals surface area contributed by atoms with E-state index in [9.17, 15) is 5.26 Å². The van der Waals surface area contributed by atoms with Gasteiger partial charge in [0.1, 0.15) is 17.5 Å². The molecule has 3 aromatic carbocycles. The van der Waals surface area contributed by atoms with E-state index in [1.165, 1.54) is 0 Å². The Morgan fingerprint density at radius 2 is 1.73 bits per heavy atom. The number of hydrogen-bond donors (Lipinski definition) is 1. The fourth-order valence-corrected chi connectivity index (χ4v) is 3.88. The first-order valence-electron chi connectivity index (χ1n) is 9.58. The molecule has 0 spiro atoms. The van der Waals surface area contributed by atoms with E-state index in [1.807, 2.05) is 90.2 Å². The van der Waals surface area contributed by atoms with E-state index in [-0.39, 0.29) is 0 Å². The van der Waals surface area contributed by atoms with E-state index in [2.05, 4.69) is 11.4 Å². The smallest absolute Gasteiger partial charge is 0.158 e. The number of imidazole rings is 1. The van der Waals surface area contributed by atoms with Gasteiger partial charge in [0.2, 0.25) is 0 Å². The van der Waals surface area contributed by atoms with Crippen LogP contribution in [0.5, 0.6) is 0 Å². The summed E-state index contributed by atoms with van der Waals surface area (Å²) in [6.45, 7) is 1.98. The molecule has 0 radical (unpaired) electrons. The Bertz CT molecular complexity index is 1450. The van der Waals surface area contributed by atoms with Crippen molar-refractivity contribution in [1.29, 1.82) is 5.26 Å². The molecular weight excluding hydrogens is 392 g/mol. The molecule has 5 rings (SSSR count). The first kappa shape index (κ1) is 18.2. The summed E-state index contributed by atoms with van der Waals surface area (Å²) in [6, 6.07) is 28.0. The van der Waals surface area contributed by atoms with E-state index in [4.69, 9.17) is 16.6 Å². The van der Waals surface area contributed by atoms with Crippen molar-refractivity contribution < 1.29 is 0 Å². The van der Waals surface area contributed by atoms with Gasteiger partial charge < -0.3 is 5.32 Å². The van der Waals surface area contributed by atoms with Gasteiger partial charge in [-0.2, -0.15) is 5.26 Å². The molecule has 5 heteroatoms. The van der Waals surface area contributed by atoms with Crippen LogP contribution in [-0.4, -0.2) is 9.38 Å². The highest BCUT2D eigenvalue weighted by Gasteiger charge is 2.18. The van der Waals surface area contributed by atoms with E-state index in [0.29, 0.717) is 16.2 Å². The lowest BCUT2D eigenvalue weighted by Gasteiger charge is -2.15. The second kappa shape index (κ2) is 7.22. The summed E-state index contributed by atoms with van der Waals surface area (Å²) in [5, 5.41) is 14.2. The summed E-state index contributed by atoms with van der Waals surface area (Å²) in [7, 11) is 0. The van der Waals surface area contributed by atoms with Gasteiger partial charge in [0.25, 0.3) is 0 Å². The van der Waals surface area contributed by atoms with E-state index in [1.54, 1.807) is 0 Å². The van der Waals surface area contributed by atoms with Crippen LogP contribution in [0.4, 0.5) is 11.5 Å². The second-order valence-corrected chi connectivity index (χ2v) is 7.55. The van der Waals surface area contributed by atoms with Crippen LogP contribution in [0.15, 0.2) is 78.9 Å². The average molecular weight is 409 g/mol. The molecule has 2 heterocycles. The number of rotatable bonds is 3. The van der Waals surface area contributed by atoms with Crippen LogP contribution in [0, 0.1) is 18.3 Å². The predicted molar refractivity (Wildman–Crippen MR) is 122 cm³/mol. The van der Waals surface area contributed by atoms with Crippen molar-refractivity contribution in [2.24, 2.45) is 0 Å². The molecule has 0 aliphatic carbocycles. The Kier molecular flexibility index (Phi) is 4.39. The number of para-hydroxylation sites is 2. The molecule has 0 fully saturated rings. The normalized spacial score (nSPS) is 11.0. The SMILES string of the molecule is Cc1ccc(Nc2cc(-c3ccccc3)c(C#N)c3nc4ccccc4n23)cc1Cl. The van der Waals surface area contributed by atoms with Gasteiger partial charge in [0.05, 0.1) is 11.0 Å². The predicted octanol–water partition coefficient (Wildman–Crippen LogP) is 6.73. The lowest BCUT2D eigenvalue weighted by molar-refractivity contribution is 1.21. The standard InChI is InChI=1S/C25H17ClN4/c1-16-11-12-18(13-21(16)26)28-24-14-19(17-7-3-2-4-8-17)20(15-27)25-29-22-9-5-6-10-23(22)30(24)25/h2-14,28H,1H3. The van der Waals surface area contributed by atoms with Gasteiger partial charge in [-0.25, -0.2) is 4.98 Å². The number of benzene rings is 3. The van der Waals surface area contributed by atoms with Crippen molar-refractivity contribution in [2.45, 2.75) is 6.92 Å². The van der Waals surface area contributed by atoms with Crippen molar-refractivity contribution in [3.8, 4) is 17.2 Å². The zero-order valence-electron chi connectivity index (χ0n) is 16.2. The zero-order chi connectivity index (χ0) is 20.7. The third kappa shape index (κ3) is 2.97. The Morgan fingerprint density at radius 3 is 2.50 bits per heavy atom. The maximum atomic E-state index is 10.0. The highest BCUT2D eigenvalue weighted by Crippen LogP contribution is 2.34. The molecule has 0 aliphatic rings. The molecule has 0 bridgehead atoms. The van der Waals surface area contributed by atoms with Gasteiger partial charge in [-0.1, -0.05) is 60.1 Å². The summed E-state index contributed by atoms with van der Waals surface area (Å²) >= 11 is 6.34. The van der Waals surface area contributed by atoms with Gasteiger partial charge in [0, 0.05) is 16.3 Å². The molecule has 2 aromatic heterocycles. The van der Waals surface area contributed by atoms with Crippen molar-refractivity contribution in [1.82, 2.24) is 9.38 Å². The van der Waals surface area contributed by atoms with Crippen molar-refractivity contribution in [3.05, 3.63) is 95.0 Å². The molecule has 0 saturated carbocycles. The third-order valence-corrected chi connectivity index (χ3v) is 5.62. The van der Waals surface area contributed by atoms with Gasteiger partial charge in [0.15, 0.2) is 5.65 Å². The molecular formula is C25H17ClN4. The number of anilines is 2. The van der Waals surface area contributed by atoms with Crippen molar-refractivity contribution in [2.75, 3.05) is 5.32 Å². The molecule has 30 heavy (non-hydrogen) atoms. The van der Waals surface area contributed by atoms with E-state index < -0.39 is 0 Å². The average Bonchev–Trinajstić information content (AvgIpc) is 3.16. The van der Waals surface area contributed by atoms with Crippen LogP contribution in [0.25, 0.3) is 27.8 Å². The maximum absolute atomic E-state index is 10.0. The van der Waals surface area contributed by atoms with Gasteiger partial charge in [-0.05, 0) is 48.4 Å². The minimum Gasteiger partial charge on any atom is -0.341 e. The number of aryl methyl sites for hydroxylation is 1. The number of halogens is 1. The lowest BCUT2D eigenvalue weighted by Crippen LogP contribution is -2.02. The van der Waals surface area contributed by atoms with Gasteiger partial charge in [-0.15, -0.1) is 0 Å². The van der Waals surface area contributed by atoms with Gasteiger partial charge in [-0.3, -0.25) is 4.40 Å². The molecule has 144 valence electrons. The molecule has 5 aromatic rings. The monoisotopic (exact) mass is 408 g/mol. The second-order valence-electron chi connectivity index (χ2n) is 7.14. The molecule has 0 amide bonds. The third-order valence-electron chi connectivity index (χ3n) is 5.22. The van der Waals surface area contributed by atoms with Gasteiger partial charge >= 0.3 is 0 Å². The minimum atomic E-state index is 0.546. The Balaban J connectivity index is 1.83. The fraction of sp³-hybridized carbons (Fsp3) is 0.0400. The molecule has 0 unspecified atom stereocenters. The first-order valence-corrected chi connectivity index (χ1v) is 9.96. The Labute approximate surface area is 179 Å². The Hall–Kier alpha value is -3.81. The van der Waals surface area contributed by atoms with Crippen LogP contribution in [0.2, 0.25) is 5.02 Å². The molecule has 0 saturated heterocycles. The number of pyridine rings is 1. The molecule has 1 N–H and O–H groups in total. The maximum Gasteiger partial charge on any atom is 0.158 e. The molecule has 0 aliphatic heterocycles. The summed E-state index contributed by atoms with van der Waals surface area (Å²) in [5.74, 6) is 0.816. The summed E-state index contributed by atoms with van der Waals surface area (Å²) in [5.41, 5.74) is 6.63. The number of nitrogens with one attached hydrogen (secondary N) is 1. The number of nitriles is 1. The number of hydrogen-bond acceptors (Lipinski definition) is 3. The highest BCUT2D eigenvalue weighted by atomic mass is 35.5. The van der Waals surface area contributed by atoms with Crippen LogP contribution >= 0.6 is 11.6 Å². The summed E-state index contributed by atoms with van der Waals surface area (Å²) in [4.78, 5) is 4.78. The quantitative estimate of drug-likeness (QED) is 0.360. The fourth-order valence-electron chi connectivity index (χ4n) is 3.70. The minimum absolute atomic E-state index is 0.546. The summed E-state index contributed by atoms with van der Waals surface area (Å²) in [6.07, 6.45) is 0.